The Labute approximate surface area is 226 Å². The second kappa shape index (κ2) is 10.6. The minimum Gasteiger partial charge on any atom is -0.456 e. The van der Waals surface area contributed by atoms with E-state index < -0.39 is 17.9 Å². The van der Waals surface area contributed by atoms with Crippen molar-refractivity contribution in [1.82, 2.24) is 9.78 Å². The van der Waals surface area contributed by atoms with Crippen LogP contribution in [0.25, 0.3) is 16.9 Å². The Balaban J connectivity index is 1.68. The molecule has 0 bridgehead atoms. The van der Waals surface area contributed by atoms with Crippen LogP contribution in [0.1, 0.15) is 31.1 Å². The summed E-state index contributed by atoms with van der Waals surface area (Å²) in [6, 6.07) is 18.6. The molecule has 0 unspecified atom stereocenters. The van der Waals surface area contributed by atoms with Gasteiger partial charge >= 0.3 is 12.3 Å². The molecule has 0 fully saturated rings. The summed E-state index contributed by atoms with van der Waals surface area (Å²) in [5, 5.41) is 8.69. The van der Waals surface area contributed by atoms with Crippen LogP contribution in [0.4, 0.5) is 24.7 Å². The molecule has 1 aromatic heterocycles. The topological polar surface area (TPSA) is 65.4 Å². The third-order valence-electron chi connectivity index (χ3n) is 4.97. The SMILES string of the molecule is CC(C)(C)OC(=O)c1ccc(Nc2cc(-c3cc(Cl)cc(Cl)c3)nn2-c2ccc(OC(F)(F)F)cc2)cc1. The number of anilines is 2. The van der Waals surface area contributed by atoms with E-state index in [0.717, 1.165) is 0 Å². The second-order valence-electron chi connectivity index (χ2n) is 9.23. The molecule has 0 saturated heterocycles. The molecule has 38 heavy (non-hydrogen) atoms. The normalized spacial score (nSPS) is 11.8. The van der Waals surface area contributed by atoms with Crippen molar-refractivity contribution in [2.75, 3.05) is 5.32 Å². The summed E-state index contributed by atoms with van der Waals surface area (Å²) in [6.07, 6.45) is -4.80. The van der Waals surface area contributed by atoms with Crippen molar-refractivity contribution in [1.29, 1.82) is 0 Å². The molecule has 4 aromatic rings. The van der Waals surface area contributed by atoms with Crippen molar-refractivity contribution in [2.24, 2.45) is 0 Å². The van der Waals surface area contributed by atoms with Gasteiger partial charge in [-0.05, 0) is 87.5 Å². The Morgan fingerprint density at radius 1 is 0.895 bits per heavy atom. The number of hydrogen-bond acceptors (Lipinski definition) is 5. The van der Waals surface area contributed by atoms with Gasteiger partial charge in [0.1, 0.15) is 17.2 Å². The van der Waals surface area contributed by atoms with Crippen molar-refractivity contribution < 1.29 is 27.4 Å². The molecule has 6 nitrogen and oxygen atoms in total. The molecule has 11 heteroatoms. The first-order valence-corrected chi connectivity index (χ1v) is 12.0. The van der Waals surface area contributed by atoms with Crippen molar-refractivity contribution in [3.05, 3.63) is 88.4 Å². The number of ether oxygens (including phenoxy) is 2. The number of esters is 1. The van der Waals surface area contributed by atoms with E-state index in [2.05, 4.69) is 15.2 Å². The summed E-state index contributed by atoms with van der Waals surface area (Å²) in [6.45, 7) is 5.36. The summed E-state index contributed by atoms with van der Waals surface area (Å²) < 4.78 is 48.6. The fourth-order valence-corrected chi connectivity index (χ4v) is 4.00. The first-order valence-electron chi connectivity index (χ1n) is 11.3. The Morgan fingerprint density at radius 3 is 2.05 bits per heavy atom. The minimum atomic E-state index is -4.80. The van der Waals surface area contributed by atoms with Gasteiger partial charge in [0, 0.05) is 27.4 Å². The highest BCUT2D eigenvalue weighted by Gasteiger charge is 2.31. The number of rotatable bonds is 6. The van der Waals surface area contributed by atoms with E-state index >= 15 is 0 Å². The van der Waals surface area contributed by atoms with E-state index in [-0.39, 0.29) is 5.75 Å². The summed E-state index contributed by atoms with van der Waals surface area (Å²) in [5.74, 6) is -0.316. The Hall–Kier alpha value is -3.69. The van der Waals surface area contributed by atoms with Gasteiger partial charge < -0.3 is 14.8 Å². The van der Waals surface area contributed by atoms with Crippen LogP contribution in [0.15, 0.2) is 72.8 Å². The third kappa shape index (κ3) is 7.20. The van der Waals surface area contributed by atoms with Gasteiger partial charge in [0.05, 0.1) is 16.9 Å². The van der Waals surface area contributed by atoms with Gasteiger partial charge in [0.2, 0.25) is 0 Å². The average molecular weight is 564 g/mol. The lowest BCUT2D eigenvalue weighted by Crippen LogP contribution is -2.23. The number of hydrogen-bond donors (Lipinski definition) is 1. The van der Waals surface area contributed by atoms with Gasteiger partial charge in [-0.25, -0.2) is 9.48 Å². The highest BCUT2D eigenvalue weighted by Crippen LogP contribution is 2.32. The van der Waals surface area contributed by atoms with E-state index in [9.17, 15) is 18.0 Å². The molecule has 4 rings (SSSR count). The zero-order chi connectivity index (χ0) is 27.7. The predicted octanol–water partition coefficient (Wildman–Crippen LogP) is 8.44. The maximum atomic E-state index is 12.6. The smallest absolute Gasteiger partial charge is 0.456 e. The van der Waals surface area contributed by atoms with Gasteiger partial charge in [0.15, 0.2) is 0 Å². The maximum absolute atomic E-state index is 12.6. The van der Waals surface area contributed by atoms with Crippen molar-refractivity contribution in [3.8, 4) is 22.7 Å². The molecule has 198 valence electrons. The number of carbonyl (C=O) groups excluding carboxylic acids is 1. The van der Waals surface area contributed by atoms with Crippen molar-refractivity contribution in [2.45, 2.75) is 32.7 Å². The molecule has 0 radical (unpaired) electrons. The zero-order valence-electron chi connectivity index (χ0n) is 20.4. The molecular formula is C27H22Cl2F3N3O3. The molecule has 0 aliphatic heterocycles. The molecule has 0 aliphatic carbocycles. The summed E-state index contributed by atoms with van der Waals surface area (Å²) >= 11 is 12.3. The van der Waals surface area contributed by atoms with Crippen LogP contribution in [-0.2, 0) is 4.74 Å². The van der Waals surface area contributed by atoms with Crippen LogP contribution in [-0.4, -0.2) is 27.7 Å². The van der Waals surface area contributed by atoms with Crippen LogP contribution >= 0.6 is 23.2 Å². The third-order valence-corrected chi connectivity index (χ3v) is 5.41. The van der Waals surface area contributed by atoms with Crippen LogP contribution in [0, 0.1) is 0 Å². The summed E-state index contributed by atoms with van der Waals surface area (Å²) in [4.78, 5) is 12.3. The largest absolute Gasteiger partial charge is 0.573 e. The van der Waals surface area contributed by atoms with E-state index in [1.165, 1.54) is 28.9 Å². The van der Waals surface area contributed by atoms with Crippen LogP contribution in [0.3, 0.4) is 0 Å². The van der Waals surface area contributed by atoms with E-state index in [1.54, 1.807) is 69.3 Å². The molecule has 0 spiro atoms. The van der Waals surface area contributed by atoms with E-state index in [0.29, 0.717) is 44.1 Å². The van der Waals surface area contributed by atoms with Gasteiger partial charge in [-0.2, -0.15) is 5.10 Å². The summed E-state index contributed by atoms with van der Waals surface area (Å²) in [5.41, 5.74) is 2.01. The highest BCUT2D eigenvalue weighted by atomic mass is 35.5. The molecule has 1 heterocycles. The Kier molecular flexibility index (Phi) is 7.62. The van der Waals surface area contributed by atoms with Gasteiger partial charge in [-0.1, -0.05) is 23.2 Å². The monoisotopic (exact) mass is 563 g/mol. The first-order chi connectivity index (χ1) is 17.8. The number of benzene rings is 3. The number of halogens is 5. The van der Waals surface area contributed by atoms with E-state index in [1.807, 2.05) is 0 Å². The predicted molar refractivity (Wildman–Crippen MR) is 141 cm³/mol. The Morgan fingerprint density at radius 2 is 1.50 bits per heavy atom. The van der Waals surface area contributed by atoms with Crippen LogP contribution < -0.4 is 10.1 Å². The maximum Gasteiger partial charge on any atom is 0.573 e. The Bertz CT molecular complexity index is 1430. The highest BCUT2D eigenvalue weighted by molar-refractivity contribution is 6.35. The first kappa shape index (κ1) is 27.3. The second-order valence-corrected chi connectivity index (χ2v) is 10.1. The quantitative estimate of drug-likeness (QED) is 0.238. The molecule has 3 aromatic carbocycles. The molecule has 0 amide bonds. The molecule has 0 aliphatic rings. The standard InChI is InChI=1S/C27H22Cl2F3N3O3/c1-26(2,3)38-25(36)16-4-6-20(7-5-16)33-24-15-23(17-12-18(28)14-19(29)13-17)34-35(24)21-8-10-22(11-9-21)37-27(30,31)32/h4-15,33H,1-3H3. The lowest BCUT2D eigenvalue weighted by molar-refractivity contribution is -0.274. The molecule has 0 atom stereocenters. The lowest BCUT2D eigenvalue weighted by Gasteiger charge is -2.19. The van der Waals surface area contributed by atoms with Gasteiger partial charge in [-0.3, -0.25) is 0 Å². The van der Waals surface area contributed by atoms with Crippen molar-refractivity contribution in [3.63, 3.8) is 0 Å². The average Bonchev–Trinajstić information content (AvgIpc) is 3.21. The minimum absolute atomic E-state index is 0.359. The fraction of sp³-hybridized carbons (Fsp3) is 0.185. The van der Waals surface area contributed by atoms with Crippen LogP contribution in [0.5, 0.6) is 5.75 Å². The van der Waals surface area contributed by atoms with E-state index in [4.69, 9.17) is 27.9 Å². The van der Waals surface area contributed by atoms with Crippen molar-refractivity contribution >= 4 is 40.7 Å². The number of nitrogens with zero attached hydrogens (tertiary/aromatic N) is 2. The molecule has 0 saturated carbocycles. The molecule has 1 N–H and O–H groups in total. The summed E-state index contributed by atoms with van der Waals surface area (Å²) in [7, 11) is 0. The van der Waals surface area contributed by atoms with Crippen LogP contribution in [0.2, 0.25) is 10.0 Å². The zero-order valence-corrected chi connectivity index (χ0v) is 21.9. The van der Waals surface area contributed by atoms with Gasteiger partial charge in [-0.15, -0.1) is 13.2 Å². The fourth-order valence-electron chi connectivity index (χ4n) is 3.47. The number of aromatic nitrogens is 2. The van der Waals surface area contributed by atoms with Gasteiger partial charge in [0.25, 0.3) is 0 Å². The number of nitrogens with one attached hydrogen (secondary N) is 1. The molecular weight excluding hydrogens is 542 g/mol. The number of alkyl halides is 3. The lowest BCUT2D eigenvalue weighted by atomic mass is 10.1. The number of carbonyl (C=O) groups is 1.